The van der Waals surface area contributed by atoms with Crippen LogP contribution in [0.25, 0.3) is 0 Å². The fraction of sp³-hybridized carbons (Fsp3) is 0.682. The van der Waals surface area contributed by atoms with Crippen LogP contribution in [0.15, 0.2) is 28.0 Å². The maximum atomic E-state index is 12.9. The van der Waals surface area contributed by atoms with Crippen molar-refractivity contribution in [3.05, 3.63) is 24.2 Å². The number of hydrogen-bond donors (Lipinski definition) is 0. The predicted octanol–water partition coefficient (Wildman–Crippen LogP) is 4.14. The van der Waals surface area contributed by atoms with Crippen LogP contribution in [0.2, 0.25) is 0 Å². The molecule has 0 bridgehead atoms. The van der Waals surface area contributed by atoms with Crippen LogP contribution >= 0.6 is 11.8 Å². The fourth-order valence-electron chi connectivity index (χ4n) is 3.79. The van der Waals surface area contributed by atoms with Gasteiger partial charge in [-0.2, -0.15) is 0 Å². The van der Waals surface area contributed by atoms with Crippen LogP contribution in [0, 0.1) is 11.8 Å². The molecule has 1 amide bonds. The molecule has 1 aliphatic rings. The maximum absolute atomic E-state index is 12.9. The first-order valence-corrected chi connectivity index (χ1v) is 12.0. The Morgan fingerprint density at radius 3 is 2.43 bits per heavy atom. The van der Waals surface area contributed by atoms with Gasteiger partial charge in [0.1, 0.15) is 5.76 Å². The first-order valence-electron chi connectivity index (χ1n) is 11.0. The number of amides is 1. The molecule has 30 heavy (non-hydrogen) atoms. The fourth-order valence-corrected chi connectivity index (χ4v) is 4.63. The van der Waals surface area contributed by atoms with Crippen LogP contribution in [0.3, 0.4) is 0 Å². The highest BCUT2D eigenvalue weighted by Gasteiger charge is 2.23. The summed E-state index contributed by atoms with van der Waals surface area (Å²) >= 11 is 1.47. The lowest BCUT2D eigenvalue weighted by Gasteiger charge is -2.28. The first kappa shape index (κ1) is 22.7. The molecular weight excluding hydrogens is 398 g/mol. The van der Waals surface area contributed by atoms with Crippen LogP contribution in [-0.4, -0.2) is 57.5 Å². The minimum atomic E-state index is 0.162. The van der Waals surface area contributed by atoms with Gasteiger partial charge >= 0.3 is 0 Å². The van der Waals surface area contributed by atoms with E-state index in [2.05, 4.69) is 47.4 Å². The van der Waals surface area contributed by atoms with Crippen LogP contribution < -0.4 is 4.90 Å². The number of carbonyl (C=O) groups is 1. The zero-order valence-corrected chi connectivity index (χ0v) is 19.5. The largest absolute Gasteiger partial charge is 0.467 e. The Balaban J connectivity index is 1.74. The van der Waals surface area contributed by atoms with Gasteiger partial charge in [0.05, 0.1) is 18.6 Å². The number of anilines is 1. The van der Waals surface area contributed by atoms with Gasteiger partial charge < -0.3 is 14.2 Å². The standard InChI is InChI=1S/C22H35N5O2S/c1-17(2)13-26(14-18(3)4)20(28)16-30-22-24-23-21(25-10-6-5-7-11-25)27(22)15-19-9-8-12-29-19/h8-9,12,17-18H,5-7,10-11,13-16H2,1-4H3. The Hall–Kier alpha value is -1.96. The van der Waals surface area contributed by atoms with E-state index in [1.807, 2.05) is 17.0 Å². The van der Waals surface area contributed by atoms with Gasteiger partial charge in [-0.25, -0.2) is 0 Å². The molecule has 1 saturated heterocycles. The number of aromatic nitrogens is 3. The summed E-state index contributed by atoms with van der Waals surface area (Å²) in [6, 6.07) is 3.86. The molecule has 1 fully saturated rings. The van der Waals surface area contributed by atoms with E-state index in [0.29, 0.717) is 24.1 Å². The molecule has 0 radical (unpaired) electrons. The average Bonchev–Trinajstić information content (AvgIpc) is 3.36. The number of carbonyl (C=O) groups excluding carboxylic acids is 1. The van der Waals surface area contributed by atoms with Crippen molar-refractivity contribution >= 4 is 23.6 Å². The summed E-state index contributed by atoms with van der Waals surface area (Å²) in [7, 11) is 0. The van der Waals surface area contributed by atoms with Gasteiger partial charge in [0.25, 0.3) is 0 Å². The van der Waals surface area contributed by atoms with Crippen molar-refractivity contribution in [1.29, 1.82) is 0 Å². The molecule has 1 aliphatic heterocycles. The van der Waals surface area contributed by atoms with E-state index in [1.165, 1.54) is 31.0 Å². The molecule has 3 rings (SSSR count). The van der Waals surface area contributed by atoms with Gasteiger partial charge in [0.15, 0.2) is 5.16 Å². The Morgan fingerprint density at radius 1 is 1.13 bits per heavy atom. The Bertz CT molecular complexity index is 772. The number of nitrogens with zero attached hydrogens (tertiary/aromatic N) is 5. The van der Waals surface area contributed by atoms with E-state index < -0.39 is 0 Å². The molecule has 0 N–H and O–H groups in total. The second kappa shape index (κ2) is 10.9. The molecule has 166 valence electrons. The maximum Gasteiger partial charge on any atom is 0.233 e. The molecule has 0 unspecified atom stereocenters. The van der Waals surface area contributed by atoms with E-state index in [-0.39, 0.29) is 5.91 Å². The highest BCUT2D eigenvalue weighted by molar-refractivity contribution is 7.99. The summed E-state index contributed by atoms with van der Waals surface area (Å²) in [5.74, 6) is 3.17. The van der Waals surface area contributed by atoms with Crippen LogP contribution in [0.1, 0.15) is 52.7 Å². The van der Waals surface area contributed by atoms with Gasteiger partial charge in [0, 0.05) is 26.2 Å². The summed E-state index contributed by atoms with van der Waals surface area (Å²) in [4.78, 5) is 17.2. The normalized spacial score (nSPS) is 14.7. The topological polar surface area (TPSA) is 67.4 Å². The summed E-state index contributed by atoms with van der Waals surface area (Å²) in [5, 5.41) is 9.71. The van der Waals surface area contributed by atoms with E-state index >= 15 is 0 Å². The lowest BCUT2D eigenvalue weighted by Crippen LogP contribution is -2.38. The van der Waals surface area contributed by atoms with Gasteiger partial charge in [-0.15, -0.1) is 10.2 Å². The van der Waals surface area contributed by atoms with Crippen molar-refractivity contribution in [2.24, 2.45) is 11.8 Å². The molecule has 0 spiro atoms. The van der Waals surface area contributed by atoms with E-state index in [9.17, 15) is 4.79 Å². The summed E-state index contributed by atoms with van der Waals surface area (Å²) in [6.07, 6.45) is 5.30. The number of furan rings is 1. The number of thioether (sulfide) groups is 1. The van der Waals surface area contributed by atoms with Crippen molar-refractivity contribution < 1.29 is 9.21 Å². The van der Waals surface area contributed by atoms with E-state index in [4.69, 9.17) is 4.42 Å². The van der Waals surface area contributed by atoms with Gasteiger partial charge in [-0.1, -0.05) is 39.5 Å². The molecule has 0 atom stereocenters. The van der Waals surface area contributed by atoms with Crippen molar-refractivity contribution in [1.82, 2.24) is 19.7 Å². The number of rotatable bonds is 10. The molecule has 2 aromatic rings. The SMILES string of the molecule is CC(C)CN(CC(C)C)C(=O)CSc1nnc(N2CCCCC2)n1Cc1ccco1. The number of piperidine rings is 1. The molecule has 0 saturated carbocycles. The zero-order valence-electron chi connectivity index (χ0n) is 18.7. The van der Waals surface area contributed by atoms with E-state index in [1.54, 1.807) is 6.26 Å². The smallest absolute Gasteiger partial charge is 0.233 e. The Morgan fingerprint density at radius 2 is 1.83 bits per heavy atom. The summed E-state index contributed by atoms with van der Waals surface area (Å²) < 4.78 is 7.67. The molecule has 0 aromatic carbocycles. The summed E-state index contributed by atoms with van der Waals surface area (Å²) in [5.41, 5.74) is 0. The van der Waals surface area contributed by atoms with Gasteiger partial charge in [-0.05, 0) is 43.2 Å². The molecule has 2 aromatic heterocycles. The second-order valence-electron chi connectivity index (χ2n) is 8.87. The minimum Gasteiger partial charge on any atom is -0.467 e. The van der Waals surface area contributed by atoms with Crippen molar-refractivity contribution in [2.45, 2.75) is 58.7 Å². The molecule has 0 aliphatic carbocycles. The molecule has 7 nitrogen and oxygen atoms in total. The van der Waals surface area contributed by atoms with Crippen molar-refractivity contribution in [3.8, 4) is 0 Å². The second-order valence-corrected chi connectivity index (χ2v) is 9.81. The van der Waals surface area contributed by atoms with Crippen molar-refractivity contribution in [2.75, 3.05) is 36.8 Å². The van der Waals surface area contributed by atoms with Crippen LogP contribution in [0.5, 0.6) is 0 Å². The summed E-state index contributed by atoms with van der Waals surface area (Å²) in [6.45, 7) is 12.7. The van der Waals surface area contributed by atoms with Crippen molar-refractivity contribution in [3.63, 3.8) is 0 Å². The Labute approximate surface area is 184 Å². The number of hydrogen-bond acceptors (Lipinski definition) is 6. The third kappa shape index (κ3) is 6.27. The predicted molar refractivity (Wildman–Crippen MR) is 121 cm³/mol. The molecule has 8 heteroatoms. The highest BCUT2D eigenvalue weighted by atomic mass is 32.2. The van der Waals surface area contributed by atoms with Crippen LogP contribution in [0.4, 0.5) is 5.95 Å². The molecular formula is C22H35N5O2S. The van der Waals surface area contributed by atoms with Gasteiger partial charge in [0.2, 0.25) is 11.9 Å². The van der Waals surface area contributed by atoms with Crippen LogP contribution in [-0.2, 0) is 11.3 Å². The third-order valence-corrected chi connectivity index (χ3v) is 6.03. The highest BCUT2D eigenvalue weighted by Crippen LogP contribution is 2.26. The average molecular weight is 434 g/mol. The zero-order chi connectivity index (χ0) is 21.5. The monoisotopic (exact) mass is 433 g/mol. The quantitative estimate of drug-likeness (QED) is 0.525. The van der Waals surface area contributed by atoms with E-state index in [0.717, 1.165) is 43.0 Å². The minimum absolute atomic E-state index is 0.162. The Kier molecular flexibility index (Phi) is 8.24. The first-order chi connectivity index (χ1) is 14.4. The molecule has 3 heterocycles. The lowest BCUT2D eigenvalue weighted by atomic mass is 10.1. The lowest BCUT2D eigenvalue weighted by molar-refractivity contribution is -0.129. The third-order valence-electron chi connectivity index (χ3n) is 5.08. The van der Waals surface area contributed by atoms with Gasteiger partial charge in [-0.3, -0.25) is 9.36 Å².